The van der Waals surface area contributed by atoms with Crippen molar-refractivity contribution in [2.24, 2.45) is 5.92 Å². The largest absolute Gasteiger partial charge is 0.350 e. The van der Waals surface area contributed by atoms with Crippen LogP contribution in [-0.4, -0.2) is 36.7 Å². The Morgan fingerprint density at radius 1 is 1.24 bits per heavy atom. The molecule has 0 bridgehead atoms. The summed E-state index contributed by atoms with van der Waals surface area (Å²) in [5, 5.41) is 14.8. The van der Waals surface area contributed by atoms with E-state index < -0.39 is 0 Å². The average molecular weight is 290 g/mol. The summed E-state index contributed by atoms with van der Waals surface area (Å²) >= 11 is 0. The lowest BCUT2D eigenvalue weighted by molar-refractivity contribution is -0.123. The van der Waals surface area contributed by atoms with E-state index in [9.17, 15) is 9.59 Å². The van der Waals surface area contributed by atoms with E-state index in [1.54, 1.807) is 12.4 Å². The Kier molecular flexibility index (Phi) is 4.81. The summed E-state index contributed by atoms with van der Waals surface area (Å²) in [5.41, 5.74) is -0.303. The molecule has 1 N–H and O–H groups in total. The molecule has 2 aromatic heterocycles. The highest BCUT2D eigenvalue weighted by molar-refractivity contribution is 5.75. The highest BCUT2D eigenvalue weighted by Crippen LogP contribution is 2.03. The van der Waals surface area contributed by atoms with Crippen LogP contribution in [0.5, 0.6) is 0 Å². The fraction of sp³-hybridized carbons (Fsp3) is 0.462. The minimum absolute atomic E-state index is 0.102. The Hall–Kier alpha value is -2.51. The summed E-state index contributed by atoms with van der Waals surface area (Å²) in [4.78, 5) is 25.1. The Morgan fingerprint density at radius 3 is 2.57 bits per heavy atom. The Labute approximate surface area is 121 Å². The lowest BCUT2D eigenvalue weighted by Gasteiger charge is -2.21. The topological polar surface area (TPSA) is 94.7 Å². The lowest BCUT2D eigenvalue weighted by Crippen LogP contribution is -2.44. The molecule has 2 aromatic rings. The van der Waals surface area contributed by atoms with Crippen molar-refractivity contribution in [2.45, 2.75) is 33.0 Å². The highest BCUT2D eigenvalue weighted by atomic mass is 16.2. The van der Waals surface area contributed by atoms with Gasteiger partial charge in [-0.1, -0.05) is 13.8 Å². The molecule has 0 saturated heterocycles. The quantitative estimate of drug-likeness (QED) is 0.786. The van der Waals surface area contributed by atoms with E-state index in [1.165, 1.54) is 23.1 Å². The van der Waals surface area contributed by atoms with Crippen LogP contribution in [0.4, 0.5) is 0 Å². The molecule has 21 heavy (non-hydrogen) atoms. The van der Waals surface area contributed by atoms with Gasteiger partial charge >= 0.3 is 0 Å². The molecule has 0 spiro atoms. The minimum Gasteiger partial charge on any atom is -0.350 e. The number of aromatic nitrogens is 5. The molecule has 1 unspecified atom stereocenters. The standard InChI is InChI=1S/C13H18N6O2/c1-10(2)11(8-19-15-6-7-16-19)17-12(20)9-18-13(21)4-3-5-14-18/h3-7,10-11H,8-9H2,1-2H3,(H,17,20). The summed E-state index contributed by atoms with van der Waals surface area (Å²) in [7, 11) is 0. The first-order valence-electron chi connectivity index (χ1n) is 6.72. The van der Waals surface area contributed by atoms with Gasteiger partial charge in [-0.05, 0) is 12.0 Å². The molecule has 0 saturated carbocycles. The maximum Gasteiger partial charge on any atom is 0.267 e. The number of amides is 1. The fourth-order valence-electron chi connectivity index (χ4n) is 1.83. The number of hydrogen-bond donors (Lipinski definition) is 1. The van der Waals surface area contributed by atoms with Gasteiger partial charge in [-0.2, -0.15) is 20.1 Å². The van der Waals surface area contributed by atoms with Gasteiger partial charge in [-0.25, -0.2) is 4.68 Å². The van der Waals surface area contributed by atoms with Crippen LogP contribution in [0.15, 0.2) is 35.5 Å². The van der Waals surface area contributed by atoms with E-state index in [1.807, 2.05) is 13.8 Å². The number of carbonyl (C=O) groups excluding carboxylic acids is 1. The van der Waals surface area contributed by atoms with Crippen LogP contribution in [0.2, 0.25) is 0 Å². The SMILES string of the molecule is CC(C)C(Cn1nccn1)NC(=O)Cn1ncccc1=O. The molecule has 0 radical (unpaired) electrons. The predicted octanol–water partition coefficient (Wildman–Crippen LogP) is -0.324. The zero-order valence-corrected chi connectivity index (χ0v) is 12.0. The Morgan fingerprint density at radius 2 is 1.95 bits per heavy atom. The van der Waals surface area contributed by atoms with Crippen LogP contribution in [0, 0.1) is 5.92 Å². The molecule has 8 nitrogen and oxygen atoms in total. The van der Waals surface area contributed by atoms with Gasteiger partial charge in [0.15, 0.2) is 0 Å². The van der Waals surface area contributed by atoms with E-state index in [2.05, 4.69) is 20.6 Å². The molecule has 1 amide bonds. The van der Waals surface area contributed by atoms with Crippen molar-refractivity contribution in [2.75, 3.05) is 0 Å². The second kappa shape index (κ2) is 6.78. The minimum atomic E-state index is -0.303. The van der Waals surface area contributed by atoms with E-state index in [4.69, 9.17) is 0 Å². The molecule has 8 heteroatoms. The highest BCUT2D eigenvalue weighted by Gasteiger charge is 2.18. The molecular formula is C13H18N6O2. The first-order valence-corrected chi connectivity index (χ1v) is 6.72. The molecular weight excluding hydrogens is 272 g/mol. The van der Waals surface area contributed by atoms with Crippen LogP contribution in [0.1, 0.15) is 13.8 Å². The van der Waals surface area contributed by atoms with Crippen LogP contribution < -0.4 is 10.9 Å². The van der Waals surface area contributed by atoms with Gasteiger partial charge in [-0.3, -0.25) is 9.59 Å². The molecule has 1 atom stereocenters. The number of rotatable bonds is 6. The second-order valence-corrected chi connectivity index (χ2v) is 5.02. The lowest BCUT2D eigenvalue weighted by atomic mass is 10.0. The number of carbonyl (C=O) groups is 1. The van der Waals surface area contributed by atoms with Crippen LogP contribution >= 0.6 is 0 Å². The summed E-state index contributed by atoms with van der Waals surface area (Å²) in [6.45, 7) is 4.38. The average Bonchev–Trinajstić information content (AvgIpc) is 2.93. The molecule has 112 valence electrons. The van der Waals surface area contributed by atoms with Crippen molar-refractivity contribution in [1.82, 2.24) is 30.1 Å². The second-order valence-electron chi connectivity index (χ2n) is 5.02. The third-order valence-electron chi connectivity index (χ3n) is 3.06. The van der Waals surface area contributed by atoms with Crippen molar-refractivity contribution < 1.29 is 4.79 Å². The first kappa shape index (κ1) is 14.9. The monoisotopic (exact) mass is 290 g/mol. The van der Waals surface area contributed by atoms with Gasteiger partial charge in [0.1, 0.15) is 6.54 Å². The van der Waals surface area contributed by atoms with E-state index in [0.717, 1.165) is 4.68 Å². The van der Waals surface area contributed by atoms with Crippen molar-refractivity contribution in [3.8, 4) is 0 Å². The third kappa shape index (κ3) is 4.23. The molecule has 0 aliphatic heterocycles. The maximum absolute atomic E-state index is 12.0. The van der Waals surface area contributed by atoms with Gasteiger partial charge in [0.2, 0.25) is 5.91 Å². The number of nitrogens with zero attached hydrogens (tertiary/aromatic N) is 5. The third-order valence-corrected chi connectivity index (χ3v) is 3.06. The van der Waals surface area contributed by atoms with E-state index >= 15 is 0 Å². The van der Waals surface area contributed by atoms with Crippen molar-refractivity contribution >= 4 is 5.91 Å². The van der Waals surface area contributed by atoms with Crippen molar-refractivity contribution in [1.29, 1.82) is 0 Å². The zero-order chi connectivity index (χ0) is 15.2. The van der Waals surface area contributed by atoms with E-state index in [0.29, 0.717) is 6.54 Å². The summed E-state index contributed by atoms with van der Waals surface area (Å²) in [6, 6.07) is 2.79. The molecule has 0 aliphatic rings. The predicted molar refractivity (Wildman–Crippen MR) is 75.3 cm³/mol. The summed E-state index contributed by atoms with van der Waals surface area (Å²) in [6.07, 6.45) is 4.65. The van der Waals surface area contributed by atoms with Gasteiger partial charge in [0, 0.05) is 12.3 Å². The molecule has 0 fully saturated rings. The van der Waals surface area contributed by atoms with Gasteiger partial charge < -0.3 is 5.32 Å². The van der Waals surface area contributed by atoms with Crippen molar-refractivity contribution in [3.05, 3.63) is 41.1 Å². The smallest absolute Gasteiger partial charge is 0.267 e. The van der Waals surface area contributed by atoms with Crippen LogP contribution in [0.3, 0.4) is 0 Å². The van der Waals surface area contributed by atoms with Gasteiger partial charge in [0.25, 0.3) is 5.56 Å². The molecule has 0 aliphatic carbocycles. The molecule has 2 rings (SSSR count). The number of nitrogens with one attached hydrogen (secondary N) is 1. The van der Waals surface area contributed by atoms with Crippen LogP contribution in [0.25, 0.3) is 0 Å². The Bertz CT molecular complexity index is 634. The summed E-state index contributed by atoms with van der Waals surface area (Å²) < 4.78 is 1.12. The van der Waals surface area contributed by atoms with Gasteiger partial charge in [0.05, 0.1) is 25.0 Å². The van der Waals surface area contributed by atoms with Crippen LogP contribution in [-0.2, 0) is 17.9 Å². The molecule has 0 aromatic carbocycles. The maximum atomic E-state index is 12.0. The Balaban J connectivity index is 1.98. The zero-order valence-electron chi connectivity index (χ0n) is 12.0. The number of hydrogen-bond acceptors (Lipinski definition) is 5. The summed E-state index contributed by atoms with van der Waals surface area (Å²) in [5.74, 6) is -0.0536. The first-order chi connectivity index (χ1) is 10.1. The van der Waals surface area contributed by atoms with Gasteiger partial charge in [-0.15, -0.1) is 0 Å². The normalized spacial score (nSPS) is 12.3. The van der Waals surface area contributed by atoms with E-state index in [-0.39, 0.29) is 30.0 Å². The van der Waals surface area contributed by atoms with Crippen molar-refractivity contribution in [3.63, 3.8) is 0 Å². The molecule has 2 heterocycles. The fourth-order valence-corrected chi connectivity index (χ4v) is 1.83.